The second kappa shape index (κ2) is 15.7. The van der Waals surface area contributed by atoms with Crippen molar-refractivity contribution in [2.45, 2.75) is 110 Å². The summed E-state index contributed by atoms with van der Waals surface area (Å²) in [5, 5.41) is 0. The molecule has 3 heteroatoms. The summed E-state index contributed by atoms with van der Waals surface area (Å²) in [7, 11) is 0. The number of rotatable bonds is 16. The molecule has 0 amide bonds. The number of allylic oxidation sites excluding steroid dienone is 2. The van der Waals surface area contributed by atoms with Gasteiger partial charge in [0.05, 0.1) is 6.61 Å². The van der Waals surface area contributed by atoms with Crippen molar-refractivity contribution in [2.24, 2.45) is 0 Å². The van der Waals surface area contributed by atoms with E-state index >= 15 is 0 Å². The molecular formula is C21H38O3. The van der Waals surface area contributed by atoms with Crippen molar-refractivity contribution in [1.82, 2.24) is 0 Å². The molecule has 140 valence electrons. The zero-order chi connectivity index (χ0) is 17.3. The van der Waals surface area contributed by atoms with Gasteiger partial charge in [-0.3, -0.25) is 4.79 Å². The number of carbonyl (C=O) groups excluding carboxylic acids is 1. The molecular weight excluding hydrogens is 300 g/mol. The first-order valence-corrected chi connectivity index (χ1v) is 10.3. The van der Waals surface area contributed by atoms with E-state index < -0.39 is 0 Å². The fraction of sp³-hybridized carbons (Fsp3) is 0.857. The number of esters is 1. The van der Waals surface area contributed by atoms with Gasteiger partial charge in [-0.05, 0) is 32.1 Å². The fourth-order valence-electron chi connectivity index (χ4n) is 2.85. The number of hydrogen-bond acceptors (Lipinski definition) is 3. The van der Waals surface area contributed by atoms with Crippen molar-refractivity contribution < 1.29 is 14.3 Å². The molecule has 24 heavy (non-hydrogen) atoms. The van der Waals surface area contributed by atoms with E-state index in [9.17, 15) is 4.79 Å². The molecule has 0 saturated carbocycles. The Hall–Kier alpha value is -0.830. The highest BCUT2D eigenvalue weighted by atomic mass is 16.7. The number of ether oxygens (including phenoxy) is 2. The van der Waals surface area contributed by atoms with Crippen LogP contribution in [-0.2, 0) is 14.3 Å². The van der Waals surface area contributed by atoms with Crippen molar-refractivity contribution in [2.75, 3.05) is 6.61 Å². The van der Waals surface area contributed by atoms with E-state index in [1.165, 1.54) is 70.6 Å². The zero-order valence-corrected chi connectivity index (χ0v) is 15.8. The molecule has 0 N–H and O–H groups in total. The first kappa shape index (κ1) is 21.2. The van der Waals surface area contributed by atoms with Gasteiger partial charge in [0.15, 0.2) is 0 Å². The maximum Gasteiger partial charge on any atom is 0.308 e. The molecule has 0 spiro atoms. The topological polar surface area (TPSA) is 35.5 Å². The molecule has 0 aromatic carbocycles. The van der Waals surface area contributed by atoms with E-state index in [4.69, 9.17) is 9.47 Å². The van der Waals surface area contributed by atoms with Crippen molar-refractivity contribution in [3.05, 3.63) is 12.2 Å². The van der Waals surface area contributed by atoms with Gasteiger partial charge in [-0.15, -0.1) is 0 Å². The van der Waals surface area contributed by atoms with Gasteiger partial charge in [0.25, 0.3) is 0 Å². The molecule has 1 unspecified atom stereocenters. The quantitative estimate of drug-likeness (QED) is 0.188. The van der Waals surface area contributed by atoms with Crippen LogP contribution in [0.4, 0.5) is 0 Å². The monoisotopic (exact) mass is 338 g/mol. The third kappa shape index (κ3) is 12.6. The third-order valence-electron chi connectivity index (χ3n) is 4.56. The molecule has 1 fully saturated rings. The summed E-state index contributed by atoms with van der Waals surface area (Å²) in [6.07, 6.45) is 22.4. The van der Waals surface area contributed by atoms with Gasteiger partial charge < -0.3 is 9.47 Å². The maximum atomic E-state index is 11.5. The normalized spacial score (nSPS) is 17.1. The van der Waals surface area contributed by atoms with Crippen LogP contribution in [0.3, 0.4) is 0 Å². The van der Waals surface area contributed by atoms with E-state index in [1.807, 2.05) is 0 Å². The Kier molecular flexibility index (Phi) is 13.9. The predicted molar refractivity (Wildman–Crippen MR) is 99.9 cm³/mol. The highest BCUT2D eigenvalue weighted by Crippen LogP contribution is 2.14. The second-order valence-electron chi connectivity index (χ2n) is 6.91. The average molecular weight is 339 g/mol. The van der Waals surface area contributed by atoms with Gasteiger partial charge in [0.2, 0.25) is 6.29 Å². The lowest BCUT2D eigenvalue weighted by atomic mass is 10.1. The minimum absolute atomic E-state index is 0.0997. The van der Waals surface area contributed by atoms with Crippen LogP contribution >= 0.6 is 0 Å². The van der Waals surface area contributed by atoms with Crippen LogP contribution in [0.1, 0.15) is 103 Å². The number of unbranched alkanes of at least 4 members (excludes halogenated alkanes) is 11. The van der Waals surface area contributed by atoms with Gasteiger partial charge >= 0.3 is 5.97 Å². The molecule has 0 aliphatic carbocycles. The average Bonchev–Trinajstić information content (AvgIpc) is 2.54. The molecule has 0 aromatic heterocycles. The first-order valence-electron chi connectivity index (χ1n) is 10.3. The molecule has 1 rings (SSSR count). The Balaban J connectivity index is 1.73. The van der Waals surface area contributed by atoms with Crippen molar-refractivity contribution in [3.63, 3.8) is 0 Å². The molecule has 1 heterocycles. The Bertz CT molecular complexity index is 321. The largest absolute Gasteiger partial charge is 0.436 e. The summed E-state index contributed by atoms with van der Waals surface area (Å²) in [6.45, 7) is 2.99. The minimum atomic E-state index is -0.249. The first-order chi connectivity index (χ1) is 11.8. The summed E-state index contributed by atoms with van der Waals surface area (Å²) in [5.74, 6) is -0.0997. The highest BCUT2D eigenvalue weighted by Gasteiger charge is 2.21. The lowest BCUT2D eigenvalue weighted by molar-refractivity contribution is -0.216. The van der Waals surface area contributed by atoms with Crippen LogP contribution in [0.25, 0.3) is 0 Å². The summed E-state index contributed by atoms with van der Waals surface area (Å²) >= 11 is 0. The van der Waals surface area contributed by atoms with Gasteiger partial charge in [0.1, 0.15) is 0 Å². The maximum absolute atomic E-state index is 11.5. The van der Waals surface area contributed by atoms with Crippen LogP contribution in [0, 0.1) is 0 Å². The number of carbonyl (C=O) groups is 1. The van der Waals surface area contributed by atoms with Crippen LogP contribution in [0.5, 0.6) is 0 Å². The Labute approximate surface area is 149 Å². The van der Waals surface area contributed by atoms with Crippen LogP contribution in [0.2, 0.25) is 0 Å². The molecule has 1 aliphatic heterocycles. The zero-order valence-electron chi connectivity index (χ0n) is 15.8. The lowest BCUT2D eigenvalue weighted by Crippen LogP contribution is -2.31. The van der Waals surface area contributed by atoms with E-state index in [0.29, 0.717) is 6.42 Å². The molecule has 1 atom stereocenters. The SMILES string of the molecule is CCCCCCCC/C=C\CCCCCCCC(=O)OC1CCO1. The summed E-state index contributed by atoms with van der Waals surface area (Å²) < 4.78 is 10.2. The van der Waals surface area contributed by atoms with Crippen LogP contribution in [-0.4, -0.2) is 18.9 Å². The van der Waals surface area contributed by atoms with Gasteiger partial charge in [0, 0.05) is 12.8 Å². The van der Waals surface area contributed by atoms with Crippen molar-refractivity contribution in [3.8, 4) is 0 Å². The predicted octanol–water partition coefficient (Wildman–Crippen LogP) is 6.31. The Morgan fingerprint density at radius 3 is 2.00 bits per heavy atom. The number of hydrogen-bond donors (Lipinski definition) is 0. The summed E-state index contributed by atoms with van der Waals surface area (Å²) in [4.78, 5) is 11.5. The van der Waals surface area contributed by atoms with Gasteiger partial charge in [-0.2, -0.15) is 0 Å². The lowest BCUT2D eigenvalue weighted by Gasteiger charge is -2.25. The van der Waals surface area contributed by atoms with Crippen molar-refractivity contribution in [1.29, 1.82) is 0 Å². The molecule has 1 aliphatic rings. The molecule has 0 radical (unpaired) electrons. The Morgan fingerprint density at radius 2 is 1.46 bits per heavy atom. The Morgan fingerprint density at radius 1 is 0.917 bits per heavy atom. The van der Waals surface area contributed by atoms with E-state index in [-0.39, 0.29) is 12.3 Å². The van der Waals surface area contributed by atoms with E-state index in [2.05, 4.69) is 19.1 Å². The van der Waals surface area contributed by atoms with E-state index in [0.717, 1.165) is 25.9 Å². The summed E-state index contributed by atoms with van der Waals surface area (Å²) in [6, 6.07) is 0. The van der Waals surface area contributed by atoms with Crippen molar-refractivity contribution >= 4 is 5.97 Å². The molecule has 0 aromatic rings. The van der Waals surface area contributed by atoms with Gasteiger partial charge in [-0.25, -0.2) is 0 Å². The smallest absolute Gasteiger partial charge is 0.308 e. The molecule has 3 nitrogen and oxygen atoms in total. The third-order valence-corrected chi connectivity index (χ3v) is 4.56. The highest BCUT2D eigenvalue weighted by molar-refractivity contribution is 5.69. The van der Waals surface area contributed by atoms with E-state index in [1.54, 1.807) is 0 Å². The minimum Gasteiger partial charge on any atom is -0.436 e. The molecule has 1 saturated heterocycles. The molecule has 0 bridgehead atoms. The standard InChI is InChI=1S/C21H38O3/c1-2-3-4-5-6-7-8-9-10-11-12-13-14-15-16-17-20(22)24-21-18-19-23-21/h9-10,21H,2-8,11-19H2,1H3/b10-9-. The summed E-state index contributed by atoms with van der Waals surface area (Å²) in [5.41, 5.74) is 0. The van der Waals surface area contributed by atoms with Crippen LogP contribution in [0.15, 0.2) is 12.2 Å². The second-order valence-corrected chi connectivity index (χ2v) is 6.91. The fourth-order valence-corrected chi connectivity index (χ4v) is 2.85. The van der Waals surface area contributed by atoms with Gasteiger partial charge in [-0.1, -0.05) is 70.4 Å². The van der Waals surface area contributed by atoms with Crippen LogP contribution < -0.4 is 0 Å².